The molecule has 206 valence electrons. The van der Waals surface area contributed by atoms with E-state index in [0.29, 0.717) is 22.3 Å². The number of aromatic nitrogens is 2. The van der Waals surface area contributed by atoms with Gasteiger partial charge in [0.1, 0.15) is 17.4 Å². The SMILES string of the molecule is Cc1cc2c(Oc3cc(F)c(CC(=O)c4ccc(C)n(-c5ccc(F)cc5)c4=O)cc3F)ccnc2cc1C(=O)O. The standard InChI is InChI=1S/C31H21F3N2O5/c1-16-11-23-26(14-22(16)31(39)40)35-10-9-28(23)41-29-15-24(33)18(12-25(29)34)13-27(37)21-8-3-17(2)36(30(21)38)20-6-4-19(32)5-7-20/h3-12,14-15H,13H2,1-2H3,(H,39,40). The van der Waals surface area contributed by atoms with Crippen molar-refractivity contribution in [2.24, 2.45) is 0 Å². The Balaban J connectivity index is 1.44. The van der Waals surface area contributed by atoms with Gasteiger partial charge in [0, 0.05) is 35.5 Å². The maximum absolute atomic E-state index is 15.1. The molecule has 0 unspecified atom stereocenters. The molecule has 0 aliphatic carbocycles. The number of Topliss-reactive ketones (excluding diaryl/α,β-unsaturated/α-hetero) is 1. The molecule has 5 aromatic rings. The number of aromatic carboxylic acids is 1. The van der Waals surface area contributed by atoms with Crippen molar-refractivity contribution in [2.45, 2.75) is 20.3 Å². The molecule has 0 radical (unpaired) electrons. The van der Waals surface area contributed by atoms with Gasteiger partial charge in [0.05, 0.1) is 16.6 Å². The molecule has 41 heavy (non-hydrogen) atoms. The molecule has 2 heterocycles. The second-order valence-electron chi connectivity index (χ2n) is 9.38. The van der Waals surface area contributed by atoms with E-state index in [1.165, 1.54) is 65.4 Å². The molecule has 0 saturated carbocycles. The van der Waals surface area contributed by atoms with Crippen LogP contribution in [0.15, 0.2) is 77.7 Å². The van der Waals surface area contributed by atoms with Crippen LogP contribution in [-0.4, -0.2) is 26.4 Å². The predicted molar refractivity (Wildman–Crippen MR) is 145 cm³/mol. The van der Waals surface area contributed by atoms with Crippen LogP contribution in [0.5, 0.6) is 11.5 Å². The van der Waals surface area contributed by atoms with Crippen LogP contribution in [0.1, 0.15) is 37.5 Å². The zero-order chi connectivity index (χ0) is 29.4. The van der Waals surface area contributed by atoms with E-state index in [1.54, 1.807) is 13.8 Å². The predicted octanol–water partition coefficient (Wildman–Crippen LogP) is 6.34. The minimum atomic E-state index is -1.13. The van der Waals surface area contributed by atoms with Crippen LogP contribution in [0, 0.1) is 31.3 Å². The van der Waals surface area contributed by atoms with Gasteiger partial charge in [-0.2, -0.15) is 0 Å². The number of carboxylic acids is 1. The third kappa shape index (κ3) is 5.31. The summed E-state index contributed by atoms with van der Waals surface area (Å²) in [7, 11) is 0. The number of fused-ring (bicyclic) bond motifs is 1. The lowest BCUT2D eigenvalue weighted by Crippen LogP contribution is -2.27. The maximum atomic E-state index is 15.1. The Bertz CT molecular complexity index is 1920. The lowest BCUT2D eigenvalue weighted by molar-refractivity contribution is 0.0696. The van der Waals surface area contributed by atoms with E-state index in [1.807, 2.05) is 0 Å². The summed E-state index contributed by atoms with van der Waals surface area (Å²) in [5, 5.41) is 9.75. The quantitative estimate of drug-likeness (QED) is 0.234. The summed E-state index contributed by atoms with van der Waals surface area (Å²) < 4.78 is 50.4. The summed E-state index contributed by atoms with van der Waals surface area (Å²) in [6.45, 7) is 3.24. The van der Waals surface area contributed by atoms with Crippen molar-refractivity contribution in [1.29, 1.82) is 0 Å². The van der Waals surface area contributed by atoms with Crippen molar-refractivity contribution in [3.05, 3.63) is 129 Å². The third-order valence-electron chi connectivity index (χ3n) is 6.61. The molecule has 10 heteroatoms. The topological polar surface area (TPSA) is 98.5 Å². The van der Waals surface area contributed by atoms with Crippen molar-refractivity contribution >= 4 is 22.7 Å². The molecule has 0 bridgehead atoms. The number of carbonyl (C=O) groups is 2. The highest BCUT2D eigenvalue weighted by molar-refractivity contribution is 5.98. The van der Waals surface area contributed by atoms with E-state index < -0.39 is 46.9 Å². The number of halogens is 3. The van der Waals surface area contributed by atoms with Gasteiger partial charge in [-0.15, -0.1) is 0 Å². The first kappa shape index (κ1) is 27.3. The molecule has 0 spiro atoms. The number of carbonyl (C=O) groups excluding carboxylic acids is 1. The number of ketones is 1. The Morgan fingerprint density at radius 3 is 2.32 bits per heavy atom. The van der Waals surface area contributed by atoms with Gasteiger partial charge in [-0.1, -0.05) is 0 Å². The number of benzene rings is 3. The first-order valence-corrected chi connectivity index (χ1v) is 12.3. The monoisotopic (exact) mass is 558 g/mol. The van der Waals surface area contributed by atoms with Crippen molar-refractivity contribution < 1.29 is 32.6 Å². The van der Waals surface area contributed by atoms with E-state index in [2.05, 4.69) is 4.98 Å². The zero-order valence-corrected chi connectivity index (χ0v) is 21.7. The summed E-state index contributed by atoms with van der Waals surface area (Å²) in [5.74, 6) is -4.57. The number of carboxylic acid groups (broad SMARTS) is 1. The molecule has 7 nitrogen and oxygen atoms in total. The number of hydrogen-bond acceptors (Lipinski definition) is 5. The summed E-state index contributed by atoms with van der Waals surface area (Å²) in [6.07, 6.45) is 0.750. The van der Waals surface area contributed by atoms with Crippen LogP contribution in [0.3, 0.4) is 0 Å². The lowest BCUT2D eigenvalue weighted by atomic mass is 10.0. The third-order valence-corrected chi connectivity index (χ3v) is 6.61. The fraction of sp³-hybridized carbons (Fsp3) is 0.0968. The first-order chi connectivity index (χ1) is 19.5. The largest absolute Gasteiger partial charge is 0.478 e. The number of aryl methyl sites for hydroxylation is 2. The van der Waals surface area contributed by atoms with Gasteiger partial charge in [-0.3, -0.25) is 19.1 Å². The molecular formula is C31H21F3N2O5. The Morgan fingerprint density at radius 2 is 1.61 bits per heavy atom. The van der Waals surface area contributed by atoms with Gasteiger partial charge in [0.15, 0.2) is 17.3 Å². The van der Waals surface area contributed by atoms with E-state index in [-0.39, 0.29) is 28.0 Å². The molecule has 1 N–H and O–H groups in total. The fourth-order valence-corrected chi connectivity index (χ4v) is 4.52. The summed E-state index contributed by atoms with van der Waals surface area (Å²) in [5.41, 5.74) is 0.417. The second-order valence-corrected chi connectivity index (χ2v) is 9.38. The van der Waals surface area contributed by atoms with Crippen LogP contribution in [0.2, 0.25) is 0 Å². The molecule has 5 rings (SSSR count). The lowest BCUT2D eigenvalue weighted by Gasteiger charge is -2.13. The highest BCUT2D eigenvalue weighted by Crippen LogP contribution is 2.33. The van der Waals surface area contributed by atoms with Gasteiger partial charge >= 0.3 is 5.97 Å². The van der Waals surface area contributed by atoms with Crippen LogP contribution in [0.4, 0.5) is 13.2 Å². The van der Waals surface area contributed by atoms with Crippen LogP contribution in [0.25, 0.3) is 16.6 Å². The second kappa shape index (κ2) is 10.7. The molecule has 3 aromatic carbocycles. The number of rotatable bonds is 7. The molecular weight excluding hydrogens is 537 g/mol. The van der Waals surface area contributed by atoms with Gasteiger partial charge in [0.25, 0.3) is 5.56 Å². The summed E-state index contributed by atoms with van der Waals surface area (Å²) in [6, 6.07) is 13.9. The molecule has 0 atom stereocenters. The molecule has 0 aliphatic heterocycles. The maximum Gasteiger partial charge on any atom is 0.336 e. The van der Waals surface area contributed by atoms with Gasteiger partial charge in [0.2, 0.25) is 0 Å². The number of ether oxygens (including phenoxy) is 1. The van der Waals surface area contributed by atoms with E-state index in [9.17, 15) is 23.9 Å². The first-order valence-electron chi connectivity index (χ1n) is 12.3. The van der Waals surface area contributed by atoms with E-state index >= 15 is 8.78 Å². The minimum absolute atomic E-state index is 0.0476. The molecule has 0 fully saturated rings. The van der Waals surface area contributed by atoms with Crippen molar-refractivity contribution in [1.82, 2.24) is 9.55 Å². The van der Waals surface area contributed by atoms with E-state index in [4.69, 9.17) is 4.74 Å². The van der Waals surface area contributed by atoms with Crippen LogP contribution < -0.4 is 10.3 Å². The van der Waals surface area contributed by atoms with Gasteiger partial charge in [-0.25, -0.2) is 18.0 Å². The van der Waals surface area contributed by atoms with Gasteiger partial charge in [-0.05, 0) is 85.6 Å². The van der Waals surface area contributed by atoms with Crippen LogP contribution in [-0.2, 0) is 6.42 Å². The molecule has 0 aliphatic rings. The zero-order valence-electron chi connectivity index (χ0n) is 21.7. The number of hydrogen-bond donors (Lipinski definition) is 1. The minimum Gasteiger partial charge on any atom is -0.478 e. The Morgan fingerprint density at radius 1 is 0.878 bits per heavy atom. The smallest absolute Gasteiger partial charge is 0.336 e. The Kier molecular flexibility index (Phi) is 7.15. The van der Waals surface area contributed by atoms with Crippen molar-refractivity contribution in [2.75, 3.05) is 0 Å². The highest BCUT2D eigenvalue weighted by Gasteiger charge is 2.20. The summed E-state index contributed by atoms with van der Waals surface area (Å²) in [4.78, 5) is 41.7. The number of nitrogens with zero attached hydrogens (tertiary/aromatic N) is 2. The van der Waals surface area contributed by atoms with Crippen molar-refractivity contribution in [3.8, 4) is 17.2 Å². The summed E-state index contributed by atoms with van der Waals surface area (Å²) >= 11 is 0. The normalized spacial score (nSPS) is 11.0. The van der Waals surface area contributed by atoms with Gasteiger partial charge < -0.3 is 9.84 Å². The van der Waals surface area contributed by atoms with Crippen LogP contribution >= 0.6 is 0 Å². The highest BCUT2D eigenvalue weighted by atomic mass is 19.1. The molecule has 2 aromatic heterocycles. The average molecular weight is 559 g/mol. The Labute approximate surface area is 231 Å². The fourth-order valence-electron chi connectivity index (χ4n) is 4.52. The molecule has 0 amide bonds. The molecule has 0 saturated heterocycles. The van der Waals surface area contributed by atoms with Crippen molar-refractivity contribution in [3.63, 3.8) is 0 Å². The van der Waals surface area contributed by atoms with E-state index in [0.717, 1.165) is 12.1 Å². The average Bonchev–Trinajstić information content (AvgIpc) is 2.92. The Hall–Kier alpha value is -5.25. The number of pyridine rings is 2.